The van der Waals surface area contributed by atoms with E-state index in [4.69, 9.17) is 14.2 Å². The molecule has 3 heterocycles. The molecule has 0 unspecified atom stereocenters. The number of aryl methyl sites for hydroxylation is 1. The van der Waals surface area contributed by atoms with E-state index in [9.17, 15) is 14.4 Å². The third-order valence-corrected chi connectivity index (χ3v) is 7.53. The molecule has 42 heavy (non-hydrogen) atoms. The Balaban J connectivity index is 1.47. The highest BCUT2D eigenvalue weighted by Crippen LogP contribution is 2.41. The number of fused-ring (bicyclic) bond motifs is 2. The van der Waals surface area contributed by atoms with Crippen molar-refractivity contribution in [1.82, 2.24) is 20.3 Å². The number of Topliss-reactive ketones (excluding diaryl/α,β-unsaturated/α-hetero) is 1. The van der Waals surface area contributed by atoms with Crippen LogP contribution in [-0.2, 0) is 20.9 Å². The van der Waals surface area contributed by atoms with Crippen LogP contribution in [0.1, 0.15) is 47.3 Å². The van der Waals surface area contributed by atoms with Gasteiger partial charge in [-0.15, -0.1) is 5.10 Å². The zero-order chi connectivity index (χ0) is 29.2. The summed E-state index contributed by atoms with van der Waals surface area (Å²) in [7, 11) is 0. The van der Waals surface area contributed by atoms with E-state index in [-0.39, 0.29) is 36.5 Å². The third-order valence-electron chi connectivity index (χ3n) is 7.53. The number of para-hydroxylation sites is 1. The van der Waals surface area contributed by atoms with Gasteiger partial charge >= 0.3 is 0 Å². The summed E-state index contributed by atoms with van der Waals surface area (Å²) in [5.41, 5.74) is 3.33. The van der Waals surface area contributed by atoms with Crippen LogP contribution in [0.4, 0.5) is 5.69 Å². The molecular weight excluding hydrogens is 538 g/mol. The molecule has 0 spiro atoms. The van der Waals surface area contributed by atoms with Crippen molar-refractivity contribution < 1.29 is 28.6 Å². The Bertz CT molecular complexity index is 1640. The van der Waals surface area contributed by atoms with Gasteiger partial charge in [0.05, 0.1) is 17.3 Å². The van der Waals surface area contributed by atoms with Crippen molar-refractivity contribution in [2.45, 2.75) is 45.4 Å². The van der Waals surface area contributed by atoms with E-state index < -0.39 is 17.9 Å². The summed E-state index contributed by atoms with van der Waals surface area (Å²) in [5.74, 6) is -0.396. The van der Waals surface area contributed by atoms with Crippen molar-refractivity contribution in [2.24, 2.45) is 0 Å². The highest BCUT2D eigenvalue weighted by molar-refractivity contribution is 6.08. The van der Waals surface area contributed by atoms with Gasteiger partial charge < -0.3 is 19.5 Å². The van der Waals surface area contributed by atoms with E-state index in [1.807, 2.05) is 49.4 Å². The van der Waals surface area contributed by atoms with E-state index in [1.165, 1.54) is 16.5 Å². The van der Waals surface area contributed by atoms with E-state index in [2.05, 4.69) is 15.6 Å². The minimum absolute atomic E-state index is 0.0156. The molecule has 2 aliphatic heterocycles. The molecule has 4 aromatic rings. The zero-order valence-corrected chi connectivity index (χ0v) is 23.4. The molecule has 6 rings (SSSR count). The second-order valence-electron chi connectivity index (χ2n) is 10.5. The molecule has 0 aliphatic carbocycles. The third kappa shape index (κ3) is 5.42. The maximum absolute atomic E-state index is 14.4. The van der Waals surface area contributed by atoms with Crippen molar-refractivity contribution in [3.63, 3.8) is 0 Å². The average Bonchev–Trinajstić information content (AvgIpc) is 3.76. The number of aromatic nitrogens is 3. The standard InChI is InChI=1S/C31H31N5O6/c1-19-9-11-21(12-10-19)30(31(39)32-16-22-6-5-13-40-22)36(26-15-28-27(41-18-42-28)14-23(26)20(2)37)29(38)17-35-25-8-4-3-7-24(25)33-34-35/h3-4,7-12,14-15,22,30H,5-6,13,16-18H2,1-2H3,(H,32,39)/t22-,30-/m0/s1. The van der Waals surface area contributed by atoms with Gasteiger partial charge in [0.25, 0.3) is 0 Å². The lowest BCUT2D eigenvalue weighted by Crippen LogP contribution is -2.47. The number of amides is 2. The Labute approximate surface area is 242 Å². The minimum Gasteiger partial charge on any atom is -0.454 e. The highest BCUT2D eigenvalue weighted by atomic mass is 16.7. The predicted molar refractivity (Wildman–Crippen MR) is 153 cm³/mol. The minimum atomic E-state index is -1.12. The fourth-order valence-corrected chi connectivity index (χ4v) is 5.35. The van der Waals surface area contributed by atoms with Crippen LogP contribution < -0.4 is 19.7 Å². The molecule has 2 amide bonds. The normalized spacial score (nSPS) is 16.4. The van der Waals surface area contributed by atoms with Gasteiger partial charge in [-0.1, -0.05) is 47.2 Å². The predicted octanol–water partition coefficient (Wildman–Crippen LogP) is 3.74. The first kappa shape index (κ1) is 27.4. The van der Waals surface area contributed by atoms with Crippen LogP contribution in [0.3, 0.4) is 0 Å². The first-order chi connectivity index (χ1) is 20.4. The molecule has 2 atom stereocenters. The number of ether oxygens (including phenoxy) is 3. The summed E-state index contributed by atoms with van der Waals surface area (Å²) in [5, 5.41) is 11.4. The first-order valence-corrected chi connectivity index (χ1v) is 13.9. The van der Waals surface area contributed by atoms with Crippen LogP contribution in [0.2, 0.25) is 0 Å². The SMILES string of the molecule is CC(=O)c1cc2c(cc1N(C(=O)Cn1nnc3ccccc31)[C@H](C(=O)NC[C@@H]1CCCO1)c1ccc(C)cc1)OCO2. The van der Waals surface area contributed by atoms with Crippen LogP contribution in [0.15, 0.2) is 60.7 Å². The van der Waals surface area contributed by atoms with Gasteiger partial charge in [0, 0.05) is 24.8 Å². The largest absolute Gasteiger partial charge is 0.454 e. The van der Waals surface area contributed by atoms with Crippen molar-refractivity contribution in [3.8, 4) is 11.5 Å². The summed E-state index contributed by atoms with van der Waals surface area (Å²) < 4.78 is 18.4. The molecule has 1 fully saturated rings. The number of hydrogen-bond acceptors (Lipinski definition) is 8. The lowest BCUT2D eigenvalue weighted by atomic mass is 9.99. The van der Waals surface area contributed by atoms with Crippen LogP contribution in [0, 0.1) is 6.92 Å². The maximum Gasteiger partial charge on any atom is 0.249 e. The number of anilines is 1. The summed E-state index contributed by atoms with van der Waals surface area (Å²) in [6.45, 7) is 4.06. The average molecular weight is 570 g/mol. The molecule has 0 saturated carbocycles. The van der Waals surface area contributed by atoms with Gasteiger partial charge in [-0.05, 0) is 50.5 Å². The molecule has 11 heteroatoms. The Kier molecular flexibility index (Phi) is 7.58. The van der Waals surface area contributed by atoms with Gasteiger partial charge in [0.1, 0.15) is 18.1 Å². The smallest absolute Gasteiger partial charge is 0.249 e. The van der Waals surface area contributed by atoms with E-state index in [1.54, 1.807) is 18.2 Å². The van der Waals surface area contributed by atoms with Crippen molar-refractivity contribution in [1.29, 1.82) is 0 Å². The molecule has 2 aliphatic rings. The Morgan fingerprint density at radius 1 is 1.07 bits per heavy atom. The number of hydrogen-bond donors (Lipinski definition) is 1. The summed E-state index contributed by atoms with van der Waals surface area (Å²) in [4.78, 5) is 42.9. The molecule has 3 aromatic carbocycles. The van der Waals surface area contributed by atoms with E-state index in [0.717, 1.165) is 18.4 Å². The number of nitrogens with one attached hydrogen (secondary N) is 1. The molecule has 11 nitrogen and oxygen atoms in total. The molecule has 0 bridgehead atoms. The molecule has 1 saturated heterocycles. The lowest BCUT2D eigenvalue weighted by molar-refractivity contribution is -0.127. The van der Waals surface area contributed by atoms with E-state index in [0.29, 0.717) is 41.2 Å². The second kappa shape index (κ2) is 11.6. The van der Waals surface area contributed by atoms with Gasteiger partial charge in [0.2, 0.25) is 18.6 Å². The number of rotatable bonds is 9. The summed E-state index contributed by atoms with van der Waals surface area (Å²) in [6, 6.07) is 16.7. The quantitative estimate of drug-likeness (QED) is 0.302. The Hall–Kier alpha value is -4.77. The molecule has 1 aromatic heterocycles. The molecule has 0 radical (unpaired) electrons. The van der Waals surface area contributed by atoms with Gasteiger partial charge in [-0.2, -0.15) is 0 Å². The van der Waals surface area contributed by atoms with Crippen LogP contribution in [0.25, 0.3) is 11.0 Å². The number of nitrogens with zero attached hydrogens (tertiary/aromatic N) is 4. The first-order valence-electron chi connectivity index (χ1n) is 13.9. The molecular formula is C31H31N5O6. The Morgan fingerprint density at radius 2 is 1.83 bits per heavy atom. The molecule has 216 valence electrons. The summed E-state index contributed by atoms with van der Waals surface area (Å²) >= 11 is 0. The van der Waals surface area contributed by atoms with E-state index >= 15 is 0 Å². The number of carbonyl (C=O) groups excluding carboxylic acids is 3. The van der Waals surface area contributed by atoms with Crippen LogP contribution >= 0.6 is 0 Å². The second-order valence-corrected chi connectivity index (χ2v) is 10.5. The fraction of sp³-hybridized carbons (Fsp3) is 0.323. The Morgan fingerprint density at radius 3 is 2.57 bits per heavy atom. The van der Waals surface area contributed by atoms with Gasteiger partial charge in [-0.25, -0.2) is 4.68 Å². The van der Waals surface area contributed by atoms with Crippen LogP contribution in [-0.4, -0.2) is 58.6 Å². The number of ketones is 1. The van der Waals surface area contributed by atoms with Crippen molar-refractivity contribution >= 4 is 34.3 Å². The monoisotopic (exact) mass is 569 g/mol. The summed E-state index contributed by atoms with van der Waals surface area (Å²) in [6.07, 6.45) is 1.67. The maximum atomic E-state index is 14.4. The zero-order valence-electron chi connectivity index (χ0n) is 23.4. The van der Waals surface area contributed by atoms with Gasteiger partial charge in [0.15, 0.2) is 17.3 Å². The molecule has 1 N–H and O–H groups in total. The van der Waals surface area contributed by atoms with Crippen molar-refractivity contribution in [3.05, 3.63) is 77.4 Å². The highest BCUT2D eigenvalue weighted by Gasteiger charge is 2.37. The number of benzene rings is 3. The van der Waals surface area contributed by atoms with Crippen LogP contribution in [0.5, 0.6) is 11.5 Å². The topological polar surface area (TPSA) is 125 Å². The van der Waals surface area contributed by atoms with Gasteiger partial charge in [-0.3, -0.25) is 19.3 Å². The fourth-order valence-electron chi connectivity index (χ4n) is 5.35. The number of carbonyl (C=O) groups is 3. The van der Waals surface area contributed by atoms with Crippen molar-refractivity contribution in [2.75, 3.05) is 24.8 Å². The lowest BCUT2D eigenvalue weighted by Gasteiger charge is -2.33.